The van der Waals surface area contributed by atoms with Crippen LogP contribution < -0.4 is 0 Å². The molecule has 0 amide bonds. The molecule has 0 radical (unpaired) electrons. The van der Waals surface area contributed by atoms with Crippen molar-refractivity contribution in [2.24, 2.45) is 0 Å². The molecule has 2 aromatic rings. The third kappa shape index (κ3) is 2.22. The summed E-state index contributed by atoms with van der Waals surface area (Å²) in [7, 11) is 0. The van der Waals surface area contributed by atoms with Crippen LogP contribution >= 0.6 is 15.9 Å². The van der Waals surface area contributed by atoms with E-state index in [2.05, 4.69) is 30.9 Å². The fraction of sp³-hybridized carbons (Fsp3) is 0. The molecule has 5 nitrogen and oxygen atoms in total. The Kier molecular flexibility index (Phi) is 2.91. The molecule has 1 N–H and O–H groups in total. The molecule has 2 heterocycles. The molecular formula is C10H6BrN3O2. The summed E-state index contributed by atoms with van der Waals surface area (Å²) in [4.78, 5) is 23.0. The number of rotatable bonds is 2. The van der Waals surface area contributed by atoms with Gasteiger partial charge >= 0.3 is 5.97 Å². The molecule has 80 valence electrons. The second-order valence-electron chi connectivity index (χ2n) is 2.94. The molecule has 0 unspecified atom stereocenters. The molecule has 0 spiro atoms. The van der Waals surface area contributed by atoms with Crippen LogP contribution in [-0.4, -0.2) is 26.0 Å². The standard InChI is InChI=1S/C10H6BrN3O2/c11-8-5-6(10(15)16)4-7(14-8)9-12-2-1-3-13-9/h1-5H,(H,15,16). The quantitative estimate of drug-likeness (QED) is 0.851. The van der Waals surface area contributed by atoms with E-state index in [9.17, 15) is 4.79 Å². The lowest BCUT2D eigenvalue weighted by molar-refractivity contribution is 0.0696. The molecule has 0 bridgehead atoms. The summed E-state index contributed by atoms with van der Waals surface area (Å²) in [6.45, 7) is 0. The van der Waals surface area contributed by atoms with Crippen molar-refractivity contribution in [3.63, 3.8) is 0 Å². The number of aromatic carboxylic acids is 1. The number of carbonyl (C=O) groups is 1. The van der Waals surface area contributed by atoms with Crippen molar-refractivity contribution in [3.05, 3.63) is 40.8 Å². The average Bonchev–Trinajstić information content (AvgIpc) is 2.29. The van der Waals surface area contributed by atoms with Gasteiger partial charge in [-0.15, -0.1) is 0 Å². The summed E-state index contributed by atoms with van der Waals surface area (Å²) in [5, 5.41) is 8.89. The van der Waals surface area contributed by atoms with Gasteiger partial charge in [-0.25, -0.2) is 19.7 Å². The number of hydrogen-bond acceptors (Lipinski definition) is 4. The van der Waals surface area contributed by atoms with E-state index in [1.165, 1.54) is 12.1 Å². The molecule has 0 atom stereocenters. The Hall–Kier alpha value is -1.82. The second-order valence-corrected chi connectivity index (χ2v) is 3.75. The molecule has 0 saturated heterocycles. The topological polar surface area (TPSA) is 76.0 Å². The van der Waals surface area contributed by atoms with Crippen molar-refractivity contribution in [2.75, 3.05) is 0 Å². The van der Waals surface area contributed by atoms with Gasteiger partial charge in [0.05, 0.1) is 5.56 Å². The van der Waals surface area contributed by atoms with Crippen LogP contribution in [0.3, 0.4) is 0 Å². The summed E-state index contributed by atoms with van der Waals surface area (Å²) in [6.07, 6.45) is 3.15. The molecule has 0 aliphatic carbocycles. The van der Waals surface area contributed by atoms with Gasteiger partial charge in [-0.05, 0) is 34.1 Å². The van der Waals surface area contributed by atoms with E-state index in [0.717, 1.165) is 0 Å². The Morgan fingerprint density at radius 3 is 2.56 bits per heavy atom. The van der Waals surface area contributed by atoms with Gasteiger partial charge in [-0.1, -0.05) is 0 Å². The lowest BCUT2D eigenvalue weighted by Gasteiger charge is -2.01. The molecule has 0 aliphatic heterocycles. The second kappa shape index (κ2) is 4.36. The zero-order valence-electron chi connectivity index (χ0n) is 7.96. The Morgan fingerprint density at radius 2 is 1.94 bits per heavy atom. The average molecular weight is 280 g/mol. The minimum Gasteiger partial charge on any atom is -0.478 e. The van der Waals surface area contributed by atoms with Crippen molar-refractivity contribution >= 4 is 21.9 Å². The van der Waals surface area contributed by atoms with Crippen LogP contribution in [0.15, 0.2) is 35.2 Å². The lowest BCUT2D eigenvalue weighted by atomic mass is 10.2. The van der Waals surface area contributed by atoms with Gasteiger partial charge in [0.25, 0.3) is 0 Å². The molecule has 0 aliphatic rings. The first kappa shape index (κ1) is 10.7. The molecule has 0 aromatic carbocycles. The Labute approximate surface area is 99.3 Å². The molecule has 0 fully saturated rings. The number of nitrogens with zero attached hydrogens (tertiary/aromatic N) is 3. The van der Waals surface area contributed by atoms with Crippen LogP contribution in [0.25, 0.3) is 11.5 Å². The van der Waals surface area contributed by atoms with E-state index < -0.39 is 5.97 Å². The van der Waals surface area contributed by atoms with Crippen molar-refractivity contribution < 1.29 is 9.90 Å². The van der Waals surface area contributed by atoms with Gasteiger partial charge in [0.15, 0.2) is 5.82 Å². The minimum atomic E-state index is -1.01. The van der Waals surface area contributed by atoms with Gasteiger partial charge in [0.2, 0.25) is 0 Å². The Morgan fingerprint density at radius 1 is 1.25 bits per heavy atom. The van der Waals surface area contributed by atoms with Gasteiger partial charge in [0, 0.05) is 12.4 Å². The van der Waals surface area contributed by atoms with Crippen LogP contribution in [0.2, 0.25) is 0 Å². The Bertz CT molecular complexity index is 531. The molecule has 6 heteroatoms. The van der Waals surface area contributed by atoms with Crippen LogP contribution in [0, 0.1) is 0 Å². The number of carboxylic acids is 1. The number of carboxylic acid groups (broad SMARTS) is 1. The highest BCUT2D eigenvalue weighted by Gasteiger charge is 2.09. The monoisotopic (exact) mass is 279 g/mol. The smallest absolute Gasteiger partial charge is 0.335 e. The number of hydrogen-bond donors (Lipinski definition) is 1. The van der Waals surface area contributed by atoms with Crippen LogP contribution in [-0.2, 0) is 0 Å². The highest BCUT2D eigenvalue weighted by Crippen LogP contribution is 2.18. The SMILES string of the molecule is O=C(O)c1cc(Br)nc(-c2ncccn2)c1. The van der Waals surface area contributed by atoms with Crippen molar-refractivity contribution in [3.8, 4) is 11.5 Å². The summed E-state index contributed by atoms with van der Waals surface area (Å²) in [6, 6.07) is 4.54. The van der Waals surface area contributed by atoms with E-state index in [0.29, 0.717) is 16.1 Å². The van der Waals surface area contributed by atoms with Gasteiger partial charge in [0.1, 0.15) is 10.3 Å². The summed E-state index contributed by atoms with van der Waals surface area (Å²) in [5.74, 6) is -0.619. The van der Waals surface area contributed by atoms with Crippen LogP contribution in [0.1, 0.15) is 10.4 Å². The van der Waals surface area contributed by atoms with E-state index >= 15 is 0 Å². The van der Waals surface area contributed by atoms with Crippen molar-refractivity contribution in [1.29, 1.82) is 0 Å². The third-order valence-electron chi connectivity index (χ3n) is 1.84. The molecule has 0 saturated carbocycles. The maximum atomic E-state index is 10.8. The van der Waals surface area contributed by atoms with Gasteiger partial charge in [-0.2, -0.15) is 0 Å². The Balaban J connectivity index is 2.54. The number of aromatic nitrogens is 3. The maximum absolute atomic E-state index is 10.8. The number of pyridine rings is 1. The van der Waals surface area contributed by atoms with Gasteiger partial charge < -0.3 is 5.11 Å². The highest BCUT2D eigenvalue weighted by molar-refractivity contribution is 9.10. The predicted molar refractivity (Wildman–Crippen MR) is 59.9 cm³/mol. The molecule has 2 aromatic heterocycles. The zero-order valence-corrected chi connectivity index (χ0v) is 9.55. The first-order valence-electron chi connectivity index (χ1n) is 4.35. The van der Waals surface area contributed by atoms with Gasteiger partial charge in [-0.3, -0.25) is 0 Å². The van der Waals surface area contributed by atoms with Crippen LogP contribution in [0.4, 0.5) is 0 Å². The van der Waals surface area contributed by atoms with E-state index in [1.807, 2.05) is 0 Å². The minimum absolute atomic E-state index is 0.143. The first-order valence-corrected chi connectivity index (χ1v) is 5.14. The van der Waals surface area contributed by atoms with Crippen molar-refractivity contribution in [1.82, 2.24) is 15.0 Å². The van der Waals surface area contributed by atoms with E-state index in [1.54, 1.807) is 18.5 Å². The summed E-state index contributed by atoms with van der Waals surface area (Å²) in [5.41, 5.74) is 0.566. The normalized spacial score (nSPS) is 10.1. The largest absolute Gasteiger partial charge is 0.478 e. The molecule has 16 heavy (non-hydrogen) atoms. The maximum Gasteiger partial charge on any atom is 0.335 e. The first-order chi connectivity index (χ1) is 7.66. The van der Waals surface area contributed by atoms with Crippen molar-refractivity contribution in [2.45, 2.75) is 0 Å². The van der Waals surface area contributed by atoms with E-state index in [-0.39, 0.29) is 5.56 Å². The zero-order chi connectivity index (χ0) is 11.5. The fourth-order valence-electron chi connectivity index (χ4n) is 1.17. The number of halogens is 1. The van der Waals surface area contributed by atoms with E-state index in [4.69, 9.17) is 5.11 Å². The fourth-order valence-corrected chi connectivity index (χ4v) is 1.60. The summed E-state index contributed by atoms with van der Waals surface area (Å²) >= 11 is 3.15. The molecule has 2 rings (SSSR count). The molecular weight excluding hydrogens is 274 g/mol. The lowest BCUT2D eigenvalue weighted by Crippen LogP contribution is -1.99. The highest BCUT2D eigenvalue weighted by atomic mass is 79.9. The summed E-state index contributed by atoms with van der Waals surface area (Å²) < 4.78 is 0.440. The van der Waals surface area contributed by atoms with Crippen LogP contribution in [0.5, 0.6) is 0 Å². The third-order valence-corrected chi connectivity index (χ3v) is 2.24. The predicted octanol–water partition coefficient (Wildman–Crippen LogP) is 2.00.